The third-order valence-corrected chi connectivity index (χ3v) is 13.8. The van der Waals surface area contributed by atoms with Crippen LogP contribution in [0.4, 0.5) is 0 Å². The van der Waals surface area contributed by atoms with Crippen LogP contribution in [0.15, 0.2) is 48.6 Å². The molecule has 0 bridgehead atoms. The molecule has 0 aliphatic carbocycles. The van der Waals surface area contributed by atoms with Crippen molar-refractivity contribution in [3.05, 3.63) is 48.6 Å². The number of hydrogen-bond acceptors (Lipinski definition) is 15. The number of unbranched alkanes of at least 4 members (excludes halogenated alkanes) is 24. The fourth-order valence-corrected chi connectivity index (χ4v) is 9.09. The Balaban J connectivity index is 1.73. The summed E-state index contributed by atoms with van der Waals surface area (Å²) in [5.74, 6) is -0.966. The van der Waals surface area contributed by atoms with Crippen LogP contribution in [0, 0.1) is 0 Å². The lowest BCUT2D eigenvalue weighted by atomic mass is 9.98. The molecule has 74 heavy (non-hydrogen) atoms. The summed E-state index contributed by atoms with van der Waals surface area (Å²) in [6, 6.07) is 0. The largest absolute Gasteiger partial charge is 0.462 e. The summed E-state index contributed by atoms with van der Waals surface area (Å²) in [4.78, 5) is 25.9. The van der Waals surface area contributed by atoms with E-state index in [1.165, 1.54) is 122 Å². The number of carbonyl (C=O) groups is 2. The molecule has 0 saturated carbocycles. The number of hydrogen-bond donors (Lipinski definition) is 7. The van der Waals surface area contributed by atoms with Crippen LogP contribution < -0.4 is 0 Å². The zero-order valence-corrected chi connectivity index (χ0v) is 45.8. The molecule has 2 saturated heterocycles. The van der Waals surface area contributed by atoms with Gasteiger partial charge in [0.05, 0.1) is 19.8 Å². The minimum atomic E-state index is -1.77. The molecule has 2 aliphatic heterocycles. The second-order valence-corrected chi connectivity index (χ2v) is 20.4. The minimum Gasteiger partial charge on any atom is -0.462 e. The first-order valence-electron chi connectivity index (χ1n) is 29.2. The third-order valence-electron chi connectivity index (χ3n) is 13.8. The summed E-state index contributed by atoms with van der Waals surface area (Å²) in [7, 11) is 0. The molecule has 4 unspecified atom stereocenters. The molecule has 430 valence electrons. The molecular weight excluding hydrogens is 949 g/mol. The molecule has 11 atom stereocenters. The van der Waals surface area contributed by atoms with Gasteiger partial charge in [-0.1, -0.05) is 204 Å². The SMILES string of the molecule is CC/C=C/C/C=C/C/C=C/C/C=C/CCCCC(=O)O[C@@H](COC(=O)CCCCCCCCCCCCCCCCCCCCCCCCC)CO[C@@H]1O[C@H](CO[C@@H]2O[C@H](CO)[C@H](O)C(O)C2O)[C@H](O)C(O)C1O. The molecule has 0 radical (unpaired) electrons. The summed E-state index contributed by atoms with van der Waals surface area (Å²) in [6.07, 6.45) is 35.8. The van der Waals surface area contributed by atoms with Gasteiger partial charge in [-0.15, -0.1) is 0 Å². The maximum absolute atomic E-state index is 13.0. The van der Waals surface area contributed by atoms with Crippen LogP contribution in [0.1, 0.15) is 219 Å². The van der Waals surface area contributed by atoms with E-state index in [4.69, 9.17) is 28.4 Å². The van der Waals surface area contributed by atoms with Crippen molar-refractivity contribution < 1.29 is 73.8 Å². The van der Waals surface area contributed by atoms with E-state index in [2.05, 4.69) is 62.5 Å². The molecule has 15 nitrogen and oxygen atoms in total. The van der Waals surface area contributed by atoms with E-state index in [1.54, 1.807) is 0 Å². The number of esters is 2. The van der Waals surface area contributed by atoms with Gasteiger partial charge < -0.3 is 64.2 Å². The topological polar surface area (TPSA) is 231 Å². The molecule has 0 spiro atoms. The molecule has 0 aromatic rings. The minimum absolute atomic E-state index is 0.113. The molecule has 0 aromatic carbocycles. The summed E-state index contributed by atoms with van der Waals surface area (Å²) < 4.78 is 33.6. The smallest absolute Gasteiger partial charge is 0.306 e. The highest BCUT2D eigenvalue weighted by molar-refractivity contribution is 5.70. The molecule has 15 heteroatoms. The van der Waals surface area contributed by atoms with Crippen molar-refractivity contribution in [3.8, 4) is 0 Å². The second-order valence-electron chi connectivity index (χ2n) is 20.4. The molecular formula is C59H104O15. The third kappa shape index (κ3) is 32.3. The van der Waals surface area contributed by atoms with Gasteiger partial charge in [-0.25, -0.2) is 0 Å². The van der Waals surface area contributed by atoms with Crippen LogP contribution in [-0.4, -0.2) is 142 Å². The quantitative estimate of drug-likeness (QED) is 0.0171. The van der Waals surface area contributed by atoms with Gasteiger partial charge in [0.15, 0.2) is 18.7 Å². The van der Waals surface area contributed by atoms with E-state index in [9.17, 15) is 45.3 Å². The fraction of sp³-hybridized carbons (Fsp3) is 0.831. The van der Waals surface area contributed by atoms with Gasteiger partial charge in [0, 0.05) is 12.8 Å². The van der Waals surface area contributed by atoms with Crippen molar-refractivity contribution in [1.29, 1.82) is 0 Å². The Morgan fingerprint density at radius 2 is 0.851 bits per heavy atom. The van der Waals surface area contributed by atoms with Crippen LogP contribution >= 0.6 is 0 Å². The summed E-state index contributed by atoms with van der Waals surface area (Å²) >= 11 is 0. The van der Waals surface area contributed by atoms with Crippen molar-refractivity contribution in [2.45, 2.75) is 287 Å². The van der Waals surface area contributed by atoms with E-state index >= 15 is 0 Å². The van der Waals surface area contributed by atoms with Crippen LogP contribution in [0.5, 0.6) is 0 Å². The first kappa shape index (κ1) is 67.6. The Hall–Kier alpha value is -2.54. The zero-order valence-electron chi connectivity index (χ0n) is 45.8. The van der Waals surface area contributed by atoms with Crippen molar-refractivity contribution in [1.82, 2.24) is 0 Å². The van der Waals surface area contributed by atoms with Gasteiger partial charge in [-0.05, 0) is 51.4 Å². The maximum atomic E-state index is 13.0. The van der Waals surface area contributed by atoms with Crippen LogP contribution in [-0.2, 0) is 38.0 Å². The first-order valence-corrected chi connectivity index (χ1v) is 29.2. The monoisotopic (exact) mass is 1050 g/mol. The Bertz CT molecular complexity index is 1470. The Labute approximate surface area is 446 Å². The highest BCUT2D eigenvalue weighted by atomic mass is 16.7. The lowest BCUT2D eigenvalue weighted by molar-refractivity contribution is -0.332. The molecule has 0 aromatic heterocycles. The number of ether oxygens (including phenoxy) is 6. The Morgan fingerprint density at radius 3 is 1.34 bits per heavy atom. The zero-order chi connectivity index (χ0) is 53.9. The summed E-state index contributed by atoms with van der Waals surface area (Å²) in [5, 5.41) is 72.2. The molecule has 7 N–H and O–H groups in total. The lowest BCUT2D eigenvalue weighted by Gasteiger charge is -2.42. The second kappa shape index (κ2) is 45.5. The summed E-state index contributed by atoms with van der Waals surface area (Å²) in [5.41, 5.74) is 0. The molecule has 2 rings (SSSR count). The van der Waals surface area contributed by atoms with E-state index in [1.807, 2.05) is 0 Å². The van der Waals surface area contributed by atoms with Crippen LogP contribution in [0.25, 0.3) is 0 Å². The number of rotatable bonds is 46. The highest BCUT2D eigenvalue weighted by Crippen LogP contribution is 2.27. The van der Waals surface area contributed by atoms with E-state index in [0.717, 1.165) is 57.8 Å². The van der Waals surface area contributed by atoms with E-state index < -0.39 is 99.3 Å². The van der Waals surface area contributed by atoms with E-state index in [-0.39, 0.29) is 19.4 Å². The predicted molar refractivity (Wildman–Crippen MR) is 289 cm³/mol. The first-order chi connectivity index (χ1) is 36.0. The van der Waals surface area contributed by atoms with Gasteiger partial charge >= 0.3 is 11.9 Å². The maximum Gasteiger partial charge on any atom is 0.306 e. The van der Waals surface area contributed by atoms with Crippen molar-refractivity contribution in [2.24, 2.45) is 0 Å². The van der Waals surface area contributed by atoms with Crippen LogP contribution in [0.2, 0.25) is 0 Å². The number of aliphatic hydroxyl groups excluding tert-OH is 7. The summed E-state index contributed by atoms with van der Waals surface area (Å²) in [6.45, 7) is 2.46. The van der Waals surface area contributed by atoms with Gasteiger partial charge in [0.1, 0.15) is 55.4 Å². The van der Waals surface area contributed by atoms with Crippen molar-refractivity contribution >= 4 is 11.9 Å². The van der Waals surface area contributed by atoms with E-state index in [0.29, 0.717) is 12.8 Å². The average Bonchev–Trinajstić information content (AvgIpc) is 3.39. The van der Waals surface area contributed by atoms with Gasteiger partial charge in [-0.2, -0.15) is 0 Å². The highest BCUT2D eigenvalue weighted by Gasteiger charge is 2.47. The lowest BCUT2D eigenvalue weighted by Crippen LogP contribution is -2.61. The Morgan fingerprint density at radius 1 is 0.446 bits per heavy atom. The number of aliphatic hydroxyl groups is 7. The number of allylic oxidation sites excluding steroid dienone is 8. The standard InChI is InChI=1S/C59H104O15/c1-3-5-7-9-11-13-15-17-19-20-21-22-23-24-25-26-28-29-31-33-35-37-39-41-50(61)69-44-47(72-51(62)42-40-38-36-34-32-30-27-18-16-14-12-10-8-6-4-2)45-70-58-57(68)55(66)53(64)49(74-58)46-71-59-56(67)54(65)52(63)48(43-60)73-59/h6,8,12,14,18,27,32,34,47-49,52-60,63-68H,3-5,7,9-11,13,15-17,19-26,28-31,33,35-46H2,1-2H3/b8-6+,14-12+,27-18+,34-32+/t47-,48+,49+,52-,53-,54?,55?,56?,57?,58+,59+/m0/s1. The fourth-order valence-electron chi connectivity index (χ4n) is 9.09. The molecule has 2 heterocycles. The molecule has 0 amide bonds. The predicted octanol–water partition coefficient (Wildman–Crippen LogP) is 9.83. The average molecular weight is 1050 g/mol. The Kier molecular flexibility index (Phi) is 41.5. The molecule has 2 fully saturated rings. The molecule has 2 aliphatic rings. The van der Waals surface area contributed by atoms with Crippen molar-refractivity contribution in [2.75, 3.05) is 26.4 Å². The normalized spacial score (nSPS) is 25.0. The van der Waals surface area contributed by atoms with Gasteiger partial charge in [0.25, 0.3) is 0 Å². The van der Waals surface area contributed by atoms with Gasteiger partial charge in [0.2, 0.25) is 0 Å². The van der Waals surface area contributed by atoms with Crippen molar-refractivity contribution in [3.63, 3.8) is 0 Å². The number of carbonyl (C=O) groups excluding carboxylic acids is 2. The van der Waals surface area contributed by atoms with Crippen LogP contribution in [0.3, 0.4) is 0 Å². The van der Waals surface area contributed by atoms with Gasteiger partial charge in [-0.3, -0.25) is 9.59 Å².